The van der Waals surface area contributed by atoms with Crippen LogP contribution in [0.25, 0.3) is 0 Å². The fraction of sp³-hybridized carbons (Fsp3) is 0.250. The van der Waals surface area contributed by atoms with Crippen molar-refractivity contribution in [2.24, 2.45) is 0 Å². The summed E-state index contributed by atoms with van der Waals surface area (Å²) in [6.45, 7) is 9.26. The van der Waals surface area contributed by atoms with E-state index in [-0.39, 0.29) is 5.91 Å². The molecule has 39 heavy (non-hydrogen) atoms. The first kappa shape index (κ1) is 27.6. The second kappa shape index (κ2) is 11.5. The van der Waals surface area contributed by atoms with E-state index in [0.29, 0.717) is 28.6 Å². The van der Waals surface area contributed by atoms with E-state index in [4.69, 9.17) is 16.6 Å². The van der Waals surface area contributed by atoms with Crippen LogP contribution < -0.4 is 26.2 Å². The number of halogens is 1. The number of aromatic nitrogens is 4. The fourth-order valence-corrected chi connectivity index (χ4v) is 4.18. The Morgan fingerprint density at radius 3 is 2.26 bits per heavy atom. The van der Waals surface area contributed by atoms with Gasteiger partial charge in [0.25, 0.3) is 0 Å². The lowest BCUT2D eigenvalue weighted by Crippen LogP contribution is -2.15. The van der Waals surface area contributed by atoms with E-state index >= 15 is 0 Å². The molecule has 0 saturated carbocycles. The van der Waals surface area contributed by atoms with Crippen molar-refractivity contribution in [1.82, 2.24) is 19.9 Å². The Balaban J connectivity index is 1.66. The van der Waals surface area contributed by atoms with Gasteiger partial charge in [-0.3, -0.25) is 4.79 Å². The number of rotatable bonds is 8. The summed E-state index contributed by atoms with van der Waals surface area (Å²) in [5.41, 5.74) is 6.69. The molecule has 2 aromatic heterocycles. The van der Waals surface area contributed by atoms with Gasteiger partial charge in [-0.1, -0.05) is 17.7 Å². The molecular formula is C28H32ClN9O. The minimum absolute atomic E-state index is 0.126. The van der Waals surface area contributed by atoms with Gasteiger partial charge in [-0.15, -0.1) is 0 Å². The maximum atomic E-state index is 11.6. The van der Waals surface area contributed by atoms with E-state index in [9.17, 15) is 4.79 Å². The normalized spacial score (nSPS) is 10.7. The number of nitrogens with one attached hydrogen (secondary N) is 4. The molecule has 0 saturated heterocycles. The van der Waals surface area contributed by atoms with Crippen LogP contribution in [0.1, 0.15) is 29.2 Å². The van der Waals surface area contributed by atoms with Crippen LogP contribution in [-0.4, -0.2) is 39.9 Å². The van der Waals surface area contributed by atoms with Crippen LogP contribution in [0.15, 0.2) is 42.7 Å². The van der Waals surface area contributed by atoms with Gasteiger partial charge >= 0.3 is 0 Å². The highest BCUT2D eigenvalue weighted by Gasteiger charge is 2.17. The first-order chi connectivity index (χ1) is 18.6. The van der Waals surface area contributed by atoms with Crippen LogP contribution in [0.5, 0.6) is 0 Å². The zero-order chi connectivity index (χ0) is 28.3. The van der Waals surface area contributed by atoms with E-state index in [1.165, 1.54) is 6.92 Å². The molecule has 0 bridgehead atoms. The molecule has 4 N–H and O–H groups in total. The Hall–Kier alpha value is -4.44. The zero-order valence-electron chi connectivity index (χ0n) is 23.1. The zero-order valence-corrected chi connectivity index (χ0v) is 23.8. The molecule has 2 heterocycles. The molecule has 4 rings (SSSR count). The summed E-state index contributed by atoms with van der Waals surface area (Å²) in [5.74, 6) is 2.21. The van der Waals surface area contributed by atoms with Crippen molar-refractivity contribution in [2.75, 3.05) is 40.3 Å². The van der Waals surface area contributed by atoms with Crippen LogP contribution in [0, 0.1) is 27.7 Å². The maximum Gasteiger partial charge on any atom is 0.231 e. The SMILES string of the molecule is CNc1ncc(C)c(Nc2cc(C)c(Cl)c(N(C)c3ncc(C)c(Nc4cccc(NC(C)=O)c4C)n3)c2)n1. The highest BCUT2D eigenvalue weighted by atomic mass is 35.5. The second-order valence-electron chi connectivity index (χ2n) is 9.27. The number of hydrogen-bond donors (Lipinski definition) is 4. The number of aryl methyl sites for hydroxylation is 3. The van der Waals surface area contributed by atoms with E-state index < -0.39 is 0 Å². The van der Waals surface area contributed by atoms with Crippen molar-refractivity contribution in [2.45, 2.75) is 34.6 Å². The minimum atomic E-state index is -0.126. The molecular weight excluding hydrogens is 514 g/mol. The number of nitrogens with zero attached hydrogens (tertiary/aromatic N) is 5. The molecule has 0 radical (unpaired) electrons. The molecule has 202 valence electrons. The molecule has 0 atom stereocenters. The van der Waals surface area contributed by atoms with Crippen LogP contribution >= 0.6 is 11.6 Å². The second-order valence-corrected chi connectivity index (χ2v) is 9.65. The highest BCUT2D eigenvalue weighted by Crippen LogP contribution is 2.36. The van der Waals surface area contributed by atoms with E-state index in [0.717, 1.165) is 45.0 Å². The number of carbonyl (C=O) groups is 1. The lowest BCUT2D eigenvalue weighted by atomic mass is 10.1. The van der Waals surface area contributed by atoms with Gasteiger partial charge in [0, 0.05) is 61.6 Å². The smallest absolute Gasteiger partial charge is 0.231 e. The molecule has 11 heteroatoms. The van der Waals surface area contributed by atoms with Gasteiger partial charge in [0.05, 0.1) is 10.7 Å². The summed E-state index contributed by atoms with van der Waals surface area (Å²) in [5, 5.41) is 13.2. The highest BCUT2D eigenvalue weighted by molar-refractivity contribution is 6.34. The molecule has 1 amide bonds. The Kier molecular flexibility index (Phi) is 8.15. The van der Waals surface area contributed by atoms with E-state index in [1.54, 1.807) is 19.4 Å². The molecule has 0 spiro atoms. The molecule has 0 aliphatic heterocycles. The number of hydrogen-bond acceptors (Lipinski definition) is 9. The van der Waals surface area contributed by atoms with Gasteiger partial charge in [0.1, 0.15) is 11.6 Å². The van der Waals surface area contributed by atoms with Crippen molar-refractivity contribution in [3.8, 4) is 0 Å². The Morgan fingerprint density at radius 2 is 1.56 bits per heavy atom. The Morgan fingerprint density at radius 1 is 0.897 bits per heavy atom. The van der Waals surface area contributed by atoms with Gasteiger partial charge in [0.15, 0.2) is 0 Å². The van der Waals surface area contributed by atoms with Crippen molar-refractivity contribution in [3.63, 3.8) is 0 Å². The molecule has 4 aromatic rings. The monoisotopic (exact) mass is 545 g/mol. The topological polar surface area (TPSA) is 120 Å². The van der Waals surface area contributed by atoms with Crippen LogP contribution in [0.4, 0.5) is 46.3 Å². The molecule has 0 aliphatic carbocycles. The third kappa shape index (κ3) is 6.18. The largest absolute Gasteiger partial charge is 0.357 e. The number of carbonyl (C=O) groups excluding carboxylic acids is 1. The Labute approximate surface area is 233 Å². The van der Waals surface area contributed by atoms with Crippen LogP contribution in [0.2, 0.25) is 5.02 Å². The van der Waals surface area contributed by atoms with Gasteiger partial charge in [-0.2, -0.15) is 9.97 Å². The first-order valence-corrected chi connectivity index (χ1v) is 12.7. The van der Waals surface area contributed by atoms with Gasteiger partial charge in [-0.05, 0) is 63.1 Å². The first-order valence-electron chi connectivity index (χ1n) is 12.4. The van der Waals surface area contributed by atoms with Crippen molar-refractivity contribution in [1.29, 1.82) is 0 Å². The predicted octanol–water partition coefficient (Wildman–Crippen LogP) is 6.41. The summed E-state index contributed by atoms with van der Waals surface area (Å²) in [4.78, 5) is 31.6. The van der Waals surface area contributed by atoms with Crippen molar-refractivity contribution < 1.29 is 4.79 Å². The van der Waals surface area contributed by atoms with Gasteiger partial charge in [0.2, 0.25) is 17.8 Å². The molecule has 2 aromatic carbocycles. The molecule has 0 unspecified atom stereocenters. The third-order valence-corrected chi connectivity index (χ3v) is 6.70. The summed E-state index contributed by atoms with van der Waals surface area (Å²) in [6.07, 6.45) is 3.53. The van der Waals surface area contributed by atoms with E-state index in [1.807, 2.05) is 70.0 Å². The number of benzene rings is 2. The van der Waals surface area contributed by atoms with Crippen molar-refractivity contribution in [3.05, 3.63) is 70.0 Å². The lowest BCUT2D eigenvalue weighted by Gasteiger charge is -2.22. The minimum Gasteiger partial charge on any atom is -0.357 e. The number of anilines is 8. The average molecular weight is 546 g/mol. The van der Waals surface area contributed by atoms with Crippen LogP contribution in [-0.2, 0) is 4.79 Å². The molecule has 0 fully saturated rings. The van der Waals surface area contributed by atoms with Gasteiger partial charge in [-0.25, -0.2) is 9.97 Å². The molecule has 0 aliphatic rings. The van der Waals surface area contributed by atoms with Crippen LogP contribution in [0.3, 0.4) is 0 Å². The van der Waals surface area contributed by atoms with E-state index in [2.05, 4.69) is 36.2 Å². The average Bonchev–Trinajstić information content (AvgIpc) is 2.90. The Bertz CT molecular complexity index is 1540. The summed E-state index contributed by atoms with van der Waals surface area (Å²) in [6, 6.07) is 9.59. The fourth-order valence-electron chi connectivity index (χ4n) is 3.95. The summed E-state index contributed by atoms with van der Waals surface area (Å²) < 4.78 is 0. The quantitative estimate of drug-likeness (QED) is 0.199. The summed E-state index contributed by atoms with van der Waals surface area (Å²) in [7, 11) is 3.65. The third-order valence-electron chi connectivity index (χ3n) is 6.21. The standard InChI is InChI=1S/C28H32ClN9O/c1-15-11-20(34-25-16(2)13-31-27(30-6)36-25)12-23(24(15)29)38(7)28-32-14-17(3)26(37-28)35-22-10-8-9-21(18(22)4)33-19(5)39/h8-14H,1-7H3,(H,33,39)(H,32,35,37)(H2,30,31,34,36). The molecule has 10 nitrogen and oxygen atoms in total. The van der Waals surface area contributed by atoms with Crippen molar-refractivity contribution >= 4 is 63.8 Å². The predicted molar refractivity (Wildman–Crippen MR) is 159 cm³/mol. The maximum absolute atomic E-state index is 11.6. The lowest BCUT2D eigenvalue weighted by molar-refractivity contribution is -0.114. The summed E-state index contributed by atoms with van der Waals surface area (Å²) >= 11 is 6.76. The number of amides is 1. The van der Waals surface area contributed by atoms with Gasteiger partial charge < -0.3 is 26.2 Å².